The van der Waals surface area contributed by atoms with Gasteiger partial charge in [-0.25, -0.2) is 4.98 Å². The molecule has 0 saturated carbocycles. The molecule has 5 heteroatoms. The van der Waals surface area contributed by atoms with Crippen LogP contribution in [-0.4, -0.2) is 15.2 Å². The highest BCUT2D eigenvalue weighted by atomic mass is 79.9. The predicted octanol–water partition coefficient (Wildman–Crippen LogP) is 2.04. The fourth-order valence-electron chi connectivity index (χ4n) is 1.33. The number of thiazole rings is 1. The monoisotopic (exact) mass is 273 g/mol. The fraction of sp³-hybridized carbons (Fsp3) is 0.222. The molecule has 0 fully saturated rings. The van der Waals surface area contributed by atoms with Crippen molar-refractivity contribution in [2.45, 2.75) is 13.2 Å². The zero-order valence-electron chi connectivity index (χ0n) is 7.20. The minimum absolute atomic E-state index is 0.0542. The van der Waals surface area contributed by atoms with Crippen molar-refractivity contribution in [3.8, 4) is 0 Å². The van der Waals surface area contributed by atoms with Crippen molar-refractivity contribution >= 4 is 37.5 Å². The number of rotatable bonds is 2. The van der Waals surface area contributed by atoms with Gasteiger partial charge in [-0.1, -0.05) is 0 Å². The molecule has 0 spiro atoms. The van der Waals surface area contributed by atoms with Gasteiger partial charge in [-0.3, -0.25) is 0 Å². The lowest BCUT2D eigenvalue weighted by molar-refractivity contribution is 0.260. The highest BCUT2D eigenvalue weighted by Crippen LogP contribution is 2.28. The van der Waals surface area contributed by atoms with E-state index in [-0.39, 0.29) is 13.2 Å². The zero-order chi connectivity index (χ0) is 10.1. The van der Waals surface area contributed by atoms with Crippen LogP contribution in [0.3, 0.4) is 0 Å². The molecule has 1 heterocycles. The van der Waals surface area contributed by atoms with Gasteiger partial charge in [-0.05, 0) is 39.2 Å². The molecule has 14 heavy (non-hydrogen) atoms. The second kappa shape index (κ2) is 3.94. The molecule has 2 aromatic rings. The van der Waals surface area contributed by atoms with Crippen LogP contribution in [0.5, 0.6) is 0 Å². The Kier molecular flexibility index (Phi) is 2.83. The predicted molar refractivity (Wildman–Crippen MR) is 59.2 cm³/mol. The van der Waals surface area contributed by atoms with Crippen LogP contribution in [0.4, 0.5) is 0 Å². The number of hydrogen-bond acceptors (Lipinski definition) is 4. The Hall–Kier alpha value is -0.490. The number of halogens is 1. The topological polar surface area (TPSA) is 53.4 Å². The summed E-state index contributed by atoms with van der Waals surface area (Å²) in [5, 5.41) is 18.1. The molecule has 2 rings (SSSR count). The van der Waals surface area contributed by atoms with Crippen molar-refractivity contribution in [3.63, 3.8) is 0 Å². The first-order valence-electron chi connectivity index (χ1n) is 4.04. The van der Waals surface area contributed by atoms with Crippen LogP contribution in [-0.2, 0) is 13.2 Å². The van der Waals surface area contributed by atoms with Crippen LogP contribution in [0.1, 0.15) is 11.1 Å². The summed E-state index contributed by atoms with van der Waals surface area (Å²) in [6, 6.07) is 3.67. The molecule has 1 aromatic heterocycles. The van der Waals surface area contributed by atoms with Gasteiger partial charge in [0.15, 0.2) is 3.92 Å². The van der Waals surface area contributed by atoms with Gasteiger partial charge in [0.2, 0.25) is 0 Å². The second-order valence-corrected chi connectivity index (χ2v) is 5.18. The molecule has 0 saturated heterocycles. The van der Waals surface area contributed by atoms with Gasteiger partial charge in [0.1, 0.15) is 0 Å². The van der Waals surface area contributed by atoms with Gasteiger partial charge in [-0.2, -0.15) is 0 Å². The lowest BCUT2D eigenvalue weighted by Gasteiger charge is -2.03. The van der Waals surface area contributed by atoms with Crippen molar-refractivity contribution < 1.29 is 10.2 Å². The summed E-state index contributed by atoms with van der Waals surface area (Å²) >= 11 is 4.81. The Bertz CT molecular complexity index is 428. The van der Waals surface area contributed by atoms with E-state index in [0.717, 1.165) is 25.3 Å². The third-order valence-electron chi connectivity index (χ3n) is 2.02. The summed E-state index contributed by atoms with van der Waals surface area (Å²) < 4.78 is 1.82. The van der Waals surface area contributed by atoms with Crippen LogP contribution >= 0.6 is 27.3 Å². The number of aliphatic hydroxyl groups excluding tert-OH is 2. The Labute approximate surface area is 93.2 Å². The third kappa shape index (κ3) is 1.68. The number of hydrogen-bond donors (Lipinski definition) is 2. The lowest BCUT2D eigenvalue weighted by Crippen LogP contribution is -1.93. The largest absolute Gasteiger partial charge is 0.392 e. The maximum absolute atomic E-state index is 9.08. The molecule has 1 aromatic carbocycles. The SMILES string of the molecule is OCc1cc2nc(Br)sc2cc1CO. The molecule has 0 unspecified atom stereocenters. The zero-order valence-corrected chi connectivity index (χ0v) is 9.60. The van der Waals surface area contributed by atoms with Gasteiger partial charge < -0.3 is 10.2 Å². The maximum Gasteiger partial charge on any atom is 0.160 e. The Morgan fingerprint density at radius 3 is 2.50 bits per heavy atom. The Morgan fingerprint density at radius 2 is 1.86 bits per heavy atom. The molecule has 0 aliphatic heterocycles. The molecule has 0 bridgehead atoms. The van der Waals surface area contributed by atoms with Crippen LogP contribution in [0.25, 0.3) is 10.2 Å². The molecule has 0 aliphatic carbocycles. The summed E-state index contributed by atoms with van der Waals surface area (Å²) in [5.74, 6) is 0. The second-order valence-electron chi connectivity index (χ2n) is 2.87. The van der Waals surface area contributed by atoms with Gasteiger partial charge in [0, 0.05) is 0 Å². The molecular weight excluding hydrogens is 266 g/mol. The highest BCUT2D eigenvalue weighted by Gasteiger charge is 2.07. The van der Waals surface area contributed by atoms with E-state index in [2.05, 4.69) is 20.9 Å². The van der Waals surface area contributed by atoms with E-state index in [1.54, 1.807) is 0 Å². The highest BCUT2D eigenvalue weighted by molar-refractivity contribution is 9.11. The van der Waals surface area contributed by atoms with Gasteiger partial charge in [-0.15, -0.1) is 11.3 Å². The molecule has 0 aliphatic rings. The van der Waals surface area contributed by atoms with Crippen molar-refractivity contribution in [2.24, 2.45) is 0 Å². The van der Waals surface area contributed by atoms with E-state index in [1.165, 1.54) is 11.3 Å². The van der Waals surface area contributed by atoms with Crippen LogP contribution in [0.2, 0.25) is 0 Å². The third-order valence-corrected chi connectivity index (χ3v) is 3.49. The molecule has 0 radical (unpaired) electrons. The quantitative estimate of drug-likeness (QED) is 0.881. The van der Waals surface area contributed by atoms with E-state index in [0.29, 0.717) is 0 Å². The Balaban J connectivity index is 2.68. The van der Waals surface area contributed by atoms with Gasteiger partial charge in [0.05, 0.1) is 23.4 Å². The van der Waals surface area contributed by atoms with Crippen molar-refractivity contribution in [1.29, 1.82) is 0 Å². The summed E-state index contributed by atoms with van der Waals surface area (Å²) in [6.45, 7) is -0.123. The Morgan fingerprint density at radius 1 is 1.21 bits per heavy atom. The number of aliphatic hydroxyl groups is 2. The van der Waals surface area contributed by atoms with Gasteiger partial charge >= 0.3 is 0 Å². The average Bonchev–Trinajstić information content (AvgIpc) is 2.54. The first kappa shape index (κ1) is 10.0. The molecule has 2 N–H and O–H groups in total. The number of benzene rings is 1. The standard InChI is InChI=1S/C9H8BrNO2S/c10-9-11-7-1-5(3-12)6(4-13)2-8(7)14-9/h1-2,12-13H,3-4H2. The smallest absolute Gasteiger partial charge is 0.160 e. The average molecular weight is 274 g/mol. The van der Waals surface area contributed by atoms with E-state index < -0.39 is 0 Å². The van der Waals surface area contributed by atoms with E-state index in [9.17, 15) is 0 Å². The van der Waals surface area contributed by atoms with E-state index >= 15 is 0 Å². The number of fused-ring (bicyclic) bond motifs is 1. The van der Waals surface area contributed by atoms with Crippen molar-refractivity contribution in [1.82, 2.24) is 4.98 Å². The van der Waals surface area contributed by atoms with Gasteiger partial charge in [0.25, 0.3) is 0 Å². The molecule has 0 atom stereocenters. The summed E-state index contributed by atoms with van der Waals surface area (Å²) in [6.07, 6.45) is 0. The molecule has 0 amide bonds. The summed E-state index contributed by atoms with van der Waals surface area (Å²) in [4.78, 5) is 4.24. The number of nitrogens with zero attached hydrogens (tertiary/aromatic N) is 1. The van der Waals surface area contributed by atoms with E-state index in [1.807, 2.05) is 12.1 Å². The summed E-state index contributed by atoms with van der Waals surface area (Å²) in [7, 11) is 0. The minimum Gasteiger partial charge on any atom is -0.392 e. The van der Waals surface area contributed by atoms with Crippen LogP contribution in [0.15, 0.2) is 16.0 Å². The molecule has 74 valence electrons. The van der Waals surface area contributed by atoms with Crippen LogP contribution < -0.4 is 0 Å². The lowest BCUT2D eigenvalue weighted by atomic mass is 10.1. The van der Waals surface area contributed by atoms with Crippen molar-refractivity contribution in [3.05, 3.63) is 27.2 Å². The molecule has 3 nitrogen and oxygen atoms in total. The minimum atomic E-state index is -0.0685. The molecular formula is C9H8BrNO2S. The summed E-state index contributed by atoms with van der Waals surface area (Å²) in [5.41, 5.74) is 2.34. The normalized spacial score (nSPS) is 11.1. The maximum atomic E-state index is 9.08. The first-order chi connectivity index (χ1) is 6.74. The number of aromatic nitrogens is 1. The van der Waals surface area contributed by atoms with Crippen LogP contribution in [0, 0.1) is 0 Å². The van der Waals surface area contributed by atoms with E-state index in [4.69, 9.17) is 10.2 Å². The first-order valence-corrected chi connectivity index (χ1v) is 5.65. The fourth-order valence-corrected chi connectivity index (χ4v) is 2.78. The van der Waals surface area contributed by atoms with Crippen molar-refractivity contribution in [2.75, 3.05) is 0 Å².